The van der Waals surface area contributed by atoms with Crippen molar-refractivity contribution in [3.63, 3.8) is 0 Å². The summed E-state index contributed by atoms with van der Waals surface area (Å²) >= 11 is 3.13. The first-order valence-corrected chi connectivity index (χ1v) is 11.7. The van der Waals surface area contributed by atoms with Crippen molar-refractivity contribution in [2.45, 2.75) is 30.6 Å². The topological polar surface area (TPSA) is 52.6 Å². The molecular formula is C20H27N5OS2. The van der Waals surface area contributed by atoms with Crippen LogP contribution in [0.25, 0.3) is 0 Å². The average Bonchev–Trinajstić information content (AvgIpc) is 3.38. The Bertz CT molecular complexity index is 797. The highest BCUT2D eigenvalue weighted by molar-refractivity contribution is 8.01. The normalized spacial score (nSPS) is 18.0. The van der Waals surface area contributed by atoms with Crippen LogP contribution in [-0.2, 0) is 11.3 Å². The molecule has 2 aliphatic rings. The monoisotopic (exact) mass is 417 g/mol. The molecule has 0 radical (unpaired) electrons. The van der Waals surface area contributed by atoms with E-state index < -0.39 is 0 Å². The molecule has 28 heavy (non-hydrogen) atoms. The number of rotatable bonds is 6. The molecule has 0 aliphatic carbocycles. The molecule has 0 saturated carbocycles. The second-order valence-corrected chi connectivity index (χ2v) is 9.66. The predicted octanol–water partition coefficient (Wildman–Crippen LogP) is 2.88. The first-order valence-electron chi connectivity index (χ1n) is 9.94. The number of anilines is 1. The van der Waals surface area contributed by atoms with Crippen LogP contribution in [0.5, 0.6) is 0 Å². The molecule has 1 aromatic carbocycles. The summed E-state index contributed by atoms with van der Waals surface area (Å²) in [5.74, 6) is 0.658. The maximum Gasteiger partial charge on any atom is 0.233 e. The van der Waals surface area contributed by atoms with Gasteiger partial charge in [0.15, 0.2) is 4.34 Å². The van der Waals surface area contributed by atoms with Crippen molar-refractivity contribution in [3.8, 4) is 0 Å². The van der Waals surface area contributed by atoms with E-state index in [9.17, 15) is 4.79 Å². The Hall–Kier alpha value is -1.64. The van der Waals surface area contributed by atoms with Gasteiger partial charge in [-0.2, -0.15) is 0 Å². The number of piperazine rings is 1. The van der Waals surface area contributed by atoms with Gasteiger partial charge in [-0.15, -0.1) is 10.2 Å². The van der Waals surface area contributed by atoms with Gasteiger partial charge in [0.05, 0.1) is 5.75 Å². The molecule has 1 aromatic heterocycles. The minimum absolute atomic E-state index is 0.207. The molecular weight excluding hydrogens is 390 g/mol. The van der Waals surface area contributed by atoms with E-state index in [0.717, 1.165) is 55.3 Å². The van der Waals surface area contributed by atoms with Gasteiger partial charge in [0.25, 0.3) is 0 Å². The van der Waals surface area contributed by atoms with Crippen LogP contribution in [0.15, 0.2) is 28.6 Å². The molecule has 8 heteroatoms. The standard InChI is InChI=1S/C20H27N5OS2/c1-16-5-4-6-17(13-16)14-23-9-11-24(12-10-23)18(26)15-27-20-22-21-19(28-20)25-7-2-3-8-25/h4-6,13H,2-3,7-12,14-15H2,1H3. The molecule has 2 aliphatic heterocycles. The van der Waals surface area contributed by atoms with Crippen molar-refractivity contribution in [1.29, 1.82) is 0 Å². The van der Waals surface area contributed by atoms with Crippen LogP contribution in [0.4, 0.5) is 5.13 Å². The molecule has 2 saturated heterocycles. The Morgan fingerprint density at radius 2 is 1.89 bits per heavy atom. The first kappa shape index (κ1) is 19.7. The Labute approximate surface area is 174 Å². The lowest BCUT2D eigenvalue weighted by atomic mass is 10.1. The number of amides is 1. The number of carbonyl (C=O) groups excluding carboxylic acids is 1. The molecule has 0 bridgehead atoms. The fourth-order valence-electron chi connectivity index (χ4n) is 3.74. The van der Waals surface area contributed by atoms with Crippen LogP contribution < -0.4 is 4.90 Å². The zero-order chi connectivity index (χ0) is 19.3. The quantitative estimate of drug-likeness (QED) is 0.674. The molecule has 0 unspecified atom stereocenters. The van der Waals surface area contributed by atoms with Crippen molar-refractivity contribution in [2.24, 2.45) is 0 Å². The zero-order valence-corrected chi connectivity index (χ0v) is 18.0. The molecule has 4 rings (SSSR count). The number of aryl methyl sites for hydroxylation is 1. The molecule has 0 spiro atoms. The summed E-state index contributed by atoms with van der Waals surface area (Å²) in [5, 5.41) is 9.54. The largest absolute Gasteiger partial charge is 0.347 e. The van der Waals surface area contributed by atoms with Crippen LogP contribution in [0, 0.1) is 6.92 Å². The fraction of sp³-hybridized carbons (Fsp3) is 0.550. The number of hydrogen-bond donors (Lipinski definition) is 0. The summed E-state index contributed by atoms with van der Waals surface area (Å²) in [6.45, 7) is 8.72. The lowest BCUT2D eigenvalue weighted by Crippen LogP contribution is -2.48. The summed E-state index contributed by atoms with van der Waals surface area (Å²) in [5.41, 5.74) is 2.65. The molecule has 1 amide bonds. The molecule has 2 aromatic rings. The van der Waals surface area contributed by atoms with Gasteiger partial charge in [0, 0.05) is 45.8 Å². The van der Waals surface area contributed by atoms with Crippen LogP contribution in [0.2, 0.25) is 0 Å². The van der Waals surface area contributed by atoms with Crippen LogP contribution in [0.3, 0.4) is 0 Å². The Kier molecular flexibility index (Phi) is 6.49. The number of aromatic nitrogens is 2. The molecule has 3 heterocycles. The van der Waals surface area contributed by atoms with E-state index in [4.69, 9.17) is 0 Å². The lowest BCUT2D eigenvalue weighted by Gasteiger charge is -2.34. The number of hydrogen-bond acceptors (Lipinski definition) is 7. The molecule has 150 valence electrons. The van der Waals surface area contributed by atoms with Gasteiger partial charge in [0.1, 0.15) is 0 Å². The van der Waals surface area contributed by atoms with Crippen molar-refractivity contribution in [3.05, 3.63) is 35.4 Å². The fourth-order valence-corrected chi connectivity index (χ4v) is 5.53. The van der Waals surface area contributed by atoms with Gasteiger partial charge in [-0.05, 0) is 25.3 Å². The van der Waals surface area contributed by atoms with Gasteiger partial charge >= 0.3 is 0 Å². The van der Waals surface area contributed by atoms with E-state index in [1.807, 2.05) is 4.90 Å². The Morgan fingerprint density at radius 1 is 1.11 bits per heavy atom. The highest BCUT2D eigenvalue weighted by Gasteiger charge is 2.22. The Morgan fingerprint density at radius 3 is 2.64 bits per heavy atom. The number of benzene rings is 1. The van der Waals surface area contributed by atoms with Crippen LogP contribution >= 0.6 is 23.1 Å². The third-order valence-corrected chi connectivity index (χ3v) is 7.41. The average molecular weight is 418 g/mol. The minimum Gasteiger partial charge on any atom is -0.347 e. The van der Waals surface area contributed by atoms with E-state index in [-0.39, 0.29) is 5.91 Å². The number of carbonyl (C=O) groups is 1. The van der Waals surface area contributed by atoms with Crippen molar-refractivity contribution in [2.75, 3.05) is 49.9 Å². The summed E-state index contributed by atoms with van der Waals surface area (Å²) in [7, 11) is 0. The van der Waals surface area contributed by atoms with Crippen molar-refractivity contribution < 1.29 is 4.79 Å². The molecule has 0 N–H and O–H groups in total. The van der Waals surface area contributed by atoms with Gasteiger partial charge in [-0.25, -0.2) is 0 Å². The summed E-state index contributed by atoms with van der Waals surface area (Å²) < 4.78 is 0.897. The maximum atomic E-state index is 12.6. The predicted molar refractivity (Wildman–Crippen MR) is 115 cm³/mol. The van der Waals surface area contributed by atoms with Gasteiger partial charge < -0.3 is 9.80 Å². The highest BCUT2D eigenvalue weighted by Crippen LogP contribution is 2.30. The first-order chi connectivity index (χ1) is 13.7. The van der Waals surface area contributed by atoms with Crippen LogP contribution in [0.1, 0.15) is 24.0 Å². The van der Waals surface area contributed by atoms with Gasteiger partial charge in [-0.3, -0.25) is 9.69 Å². The SMILES string of the molecule is Cc1cccc(CN2CCN(C(=O)CSc3nnc(N4CCCC4)s3)CC2)c1. The van der Waals surface area contributed by atoms with E-state index in [0.29, 0.717) is 5.75 Å². The third kappa shape index (κ3) is 5.04. The summed E-state index contributed by atoms with van der Waals surface area (Å²) in [6.07, 6.45) is 2.47. The lowest BCUT2D eigenvalue weighted by molar-refractivity contribution is -0.130. The Balaban J connectivity index is 1.21. The number of thioether (sulfide) groups is 1. The second-order valence-electron chi connectivity index (χ2n) is 7.48. The number of nitrogens with zero attached hydrogens (tertiary/aromatic N) is 5. The van der Waals surface area contributed by atoms with E-state index in [2.05, 4.69) is 51.2 Å². The molecule has 6 nitrogen and oxygen atoms in total. The highest BCUT2D eigenvalue weighted by atomic mass is 32.2. The van der Waals surface area contributed by atoms with Gasteiger partial charge in [-0.1, -0.05) is 52.9 Å². The van der Waals surface area contributed by atoms with E-state index in [1.54, 1.807) is 11.3 Å². The molecule has 2 fully saturated rings. The maximum absolute atomic E-state index is 12.6. The van der Waals surface area contributed by atoms with Gasteiger partial charge in [0.2, 0.25) is 11.0 Å². The van der Waals surface area contributed by atoms with E-state index >= 15 is 0 Å². The minimum atomic E-state index is 0.207. The summed E-state index contributed by atoms with van der Waals surface area (Å²) in [4.78, 5) is 19.3. The second kappa shape index (κ2) is 9.24. The van der Waals surface area contributed by atoms with Crippen molar-refractivity contribution in [1.82, 2.24) is 20.0 Å². The van der Waals surface area contributed by atoms with E-state index in [1.165, 1.54) is 35.7 Å². The zero-order valence-electron chi connectivity index (χ0n) is 16.3. The molecule has 0 atom stereocenters. The smallest absolute Gasteiger partial charge is 0.233 e. The third-order valence-electron chi connectivity index (χ3n) is 5.31. The van der Waals surface area contributed by atoms with Crippen molar-refractivity contribution >= 4 is 34.1 Å². The van der Waals surface area contributed by atoms with Crippen LogP contribution in [-0.4, -0.2) is 70.9 Å². The summed E-state index contributed by atoms with van der Waals surface area (Å²) in [6, 6.07) is 8.67.